The summed E-state index contributed by atoms with van der Waals surface area (Å²) in [4.78, 5) is 16.7. The maximum absolute atomic E-state index is 12.6. The van der Waals surface area contributed by atoms with Gasteiger partial charge in [-0.05, 0) is 49.6 Å². The summed E-state index contributed by atoms with van der Waals surface area (Å²) in [6.45, 7) is 4.14. The molecule has 0 bridgehead atoms. The van der Waals surface area contributed by atoms with Gasteiger partial charge in [0.1, 0.15) is 0 Å². The molecule has 0 aliphatic carbocycles. The maximum Gasteiger partial charge on any atom is 0.322 e. The second-order valence-corrected chi connectivity index (χ2v) is 6.89. The third-order valence-corrected chi connectivity index (χ3v) is 5.17. The van der Waals surface area contributed by atoms with Crippen LogP contribution in [0.15, 0.2) is 48.5 Å². The Bertz CT molecular complexity index is 743. The largest absolute Gasteiger partial charge is 0.371 e. The first kappa shape index (κ1) is 17.6. The van der Waals surface area contributed by atoms with E-state index in [-0.39, 0.29) is 12.1 Å². The fourth-order valence-corrected chi connectivity index (χ4v) is 3.46. The number of carbonyl (C=O) groups is 1. The molecule has 0 saturated carbocycles. The van der Waals surface area contributed by atoms with Gasteiger partial charge >= 0.3 is 6.03 Å². The highest BCUT2D eigenvalue weighted by Crippen LogP contribution is 2.27. The molecule has 132 valence electrons. The number of carbonyl (C=O) groups excluding carboxylic acids is 1. The molecule has 2 amide bonds. The van der Waals surface area contributed by atoms with Gasteiger partial charge in [-0.1, -0.05) is 35.9 Å². The zero-order chi connectivity index (χ0) is 17.8. The molecule has 2 aromatic rings. The Hall–Kier alpha value is -2.20. The van der Waals surface area contributed by atoms with Crippen LogP contribution in [-0.4, -0.2) is 31.1 Å². The molecule has 25 heavy (non-hydrogen) atoms. The smallest absolute Gasteiger partial charge is 0.322 e. The Labute approximate surface area is 154 Å². The van der Waals surface area contributed by atoms with E-state index in [9.17, 15) is 4.79 Å². The first-order chi connectivity index (χ1) is 12.1. The molecule has 0 spiro atoms. The molecule has 1 fully saturated rings. The van der Waals surface area contributed by atoms with Crippen molar-refractivity contribution >= 4 is 29.0 Å². The van der Waals surface area contributed by atoms with Crippen LogP contribution < -0.4 is 10.2 Å². The van der Waals surface area contributed by atoms with Gasteiger partial charge in [0.25, 0.3) is 0 Å². The Balaban J connectivity index is 1.69. The molecular weight excluding hydrogens is 334 g/mol. The van der Waals surface area contributed by atoms with Crippen molar-refractivity contribution in [2.45, 2.75) is 25.8 Å². The van der Waals surface area contributed by atoms with Crippen molar-refractivity contribution in [3.63, 3.8) is 0 Å². The van der Waals surface area contributed by atoms with Gasteiger partial charge in [-0.2, -0.15) is 0 Å². The molecule has 4 nitrogen and oxygen atoms in total. The highest BCUT2D eigenvalue weighted by molar-refractivity contribution is 6.31. The Morgan fingerprint density at radius 3 is 2.60 bits per heavy atom. The van der Waals surface area contributed by atoms with Gasteiger partial charge in [0.05, 0.1) is 6.04 Å². The minimum absolute atomic E-state index is 0.115. The lowest BCUT2D eigenvalue weighted by Gasteiger charge is -2.26. The van der Waals surface area contributed by atoms with Gasteiger partial charge in [-0.15, -0.1) is 0 Å². The summed E-state index contributed by atoms with van der Waals surface area (Å²) in [6.07, 6.45) is 2.46. The number of anilines is 2. The number of rotatable bonds is 4. The van der Waals surface area contributed by atoms with Crippen LogP contribution in [-0.2, 0) is 0 Å². The summed E-state index contributed by atoms with van der Waals surface area (Å²) in [6, 6.07) is 15.4. The molecule has 2 aromatic carbocycles. The number of hydrogen-bond acceptors (Lipinski definition) is 2. The van der Waals surface area contributed by atoms with Crippen molar-refractivity contribution in [2.24, 2.45) is 0 Å². The Kier molecular flexibility index (Phi) is 5.49. The van der Waals surface area contributed by atoms with E-state index in [1.54, 1.807) is 11.9 Å². The molecule has 1 N–H and O–H groups in total. The van der Waals surface area contributed by atoms with Gasteiger partial charge < -0.3 is 15.1 Å². The van der Waals surface area contributed by atoms with E-state index in [1.165, 1.54) is 12.8 Å². The number of urea groups is 1. The van der Waals surface area contributed by atoms with Gasteiger partial charge in [-0.3, -0.25) is 0 Å². The van der Waals surface area contributed by atoms with Crippen molar-refractivity contribution in [1.82, 2.24) is 4.90 Å². The number of halogens is 1. The topological polar surface area (TPSA) is 35.6 Å². The standard InChI is InChI=1S/C20H24ClN3O/c1-15(18-10-3-4-11-19(18)21)23(2)20(25)22-16-8-7-9-17(14-16)24-12-5-6-13-24/h3-4,7-11,14-15H,5-6,12-13H2,1-2H3,(H,22,25). The van der Waals surface area contributed by atoms with Gasteiger partial charge in [0.15, 0.2) is 0 Å². The second-order valence-electron chi connectivity index (χ2n) is 6.48. The van der Waals surface area contributed by atoms with Crippen LogP contribution in [0.2, 0.25) is 5.02 Å². The maximum atomic E-state index is 12.6. The first-order valence-corrected chi connectivity index (χ1v) is 9.07. The van der Waals surface area contributed by atoms with Crippen LogP contribution in [0.25, 0.3) is 0 Å². The zero-order valence-corrected chi connectivity index (χ0v) is 15.5. The molecule has 1 aliphatic heterocycles. The van der Waals surface area contributed by atoms with E-state index in [2.05, 4.69) is 16.3 Å². The highest BCUT2D eigenvalue weighted by atomic mass is 35.5. The van der Waals surface area contributed by atoms with Crippen molar-refractivity contribution < 1.29 is 4.79 Å². The zero-order valence-electron chi connectivity index (χ0n) is 14.7. The number of amides is 2. The monoisotopic (exact) mass is 357 g/mol. The number of nitrogens with zero attached hydrogens (tertiary/aromatic N) is 2. The van der Waals surface area contributed by atoms with E-state index in [4.69, 9.17) is 11.6 Å². The minimum Gasteiger partial charge on any atom is -0.371 e. The van der Waals surface area contributed by atoms with Crippen molar-refractivity contribution in [1.29, 1.82) is 0 Å². The van der Waals surface area contributed by atoms with Crippen LogP contribution in [0.4, 0.5) is 16.2 Å². The van der Waals surface area contributed by atoms with Gasteiger partial charge in [0, 0.05) is 36.5 Å². The highest BCUT2D eigenvalue weighted by Gasteiger charge is 2.20. The Morgan fingerprint density at radius 2 is 1.88 bits per heavy atom. The predicted molar refractivity (Wildman–Crippen MR) is 105 cm³/mol. The van der Waals surface area contributed by atoms with Crippen molar-refractivity contribution in [2.75, 3.05) is 30.4 Å². The summed E-state index contributed by atoms with van der Waals surface area (Å²) in [5.74, 6) is 0. The van der Waals surface area contributed by atoms with Crippen LogP contribution in [0, 0.1) is 0 Å². The number of hydrogen-bond donors (Lipinski definition) is 1. The fraction of sp³-hybridized carbons (Fsp3) is 0.350. The molecule has 1 saturated heterocycles. The molecule has 1 aliphatic rings. The van der Waals surface area contributed by atoms with Gasteiger partial charge in [0.2, 0.25) is 0 Å². The predicted octanol–water partition coefficient (Wildman–Crippen LogP) is 5.17. The molecule has 3 rings (SSSR count). The van der Waals surface area contributed by atoms with Crippen molar-refractivity contribution in [3.05, 3.63) is 59.1 Å². The lowest BCUT2D eigenvalue weighted by Crippen LogP contribution is -2.33. The van der Waals surface area contributed by atoms with E-state index in [1.807, 2.05) is 49.4 Å². The second kappa shape index (κ2) is 7.79. The summed E-state index contributed by atoms with van der Waals surface area (Å²) >= 11 is 6.26. The van der Waals surface area contributed by atoms with E-state index >= 15 is 0 Å². The molecule has 0 aromatic heterocycles. The summed E-state index contributed by atoms with van der Waals surface area (Å²) < 4.78 is 0. The molecule has 0 radical (unpaired) electrons. The summed E-state index contributed by atoms with van der Waals surface area (Å²) in [5, 5.41) is 3.66. The number of benzene rings is 2. The SMILES string of the molecule is CC(c1ccccc1Cl)N(C)C(=O)Nc1cccc(N2CCCC2)c1. The molecule has 1 atom stereocenters. The normalized spacial score (nSPS) is 15.1. The molecule has 1 unspecified atom stereocenters. The minimum atomic E-state index is -0.147. The third kappa shape index (κ3) is 4.07. The number of nitrogens with one attached hydrogen (secondary N) is 1. The van der Waals surface area contributed by atoms with E-state index < -0.39 is 0 Å². The fourth-order valence-electron chi connectivity index (χ4n) is 3.17. The van der Waals surface area contributed by atoms with E-state index in [0.717, 1.165) is 30.0 Å². The van der Waals surface area contributed by atoms with Crippen LogP contribution in [0.3, 0.4) is 0 Å². The molecule has 1 heterocycles. The quantitative estimate of drug-likeness (QED) is 0.819. The van der Waals surface area contributed by atoms with Crippen LogP contribution in [0.1, 0.15) is 31.4 Å². The first-order valence-electron chi connectivity index (χ1n) is 8.69. The summed E-state index contributed by atoms with van der Waals surface area (Å²) in [5.41, 5.74) is 2.91. The van der Waals surface area contributed by atoms with Crippen LogP contribution in [0.5, 0.6) is 0 Å². The third-order valence-electron chi connectivity index (χ3n) is 4.83. The molecular formula is C20H24ClN3O. The van der Waals surface area contributed by atoms with E-state index in [0.29, 0.717) is 5.02 Å². The lowest BCUT2D eigenvalue weighted by atomic mass is 10.1. The average Bonchev–Trinajstić information content (AvgIpc) is 3.16. The average molecular weight is 358 g/mol. The molecule has 5 heteroatoms. The van der Waals surface area contributed by atoms with Crippen LogP contribution >= 0.6 is 11.6 Å². The Morgan fingerprint density at radius 1 is 1.16 bits per heavy atom. The van der Waals surface area contributed by atoms with Crippen molar-refractivity contribution in [3.8, 4) is 0 Å². The summed E-state index contributed by atoms with van der Waals surface area (Å²) in [7, 11) is 1.79. The van der Waals surface area contributed by atoms with Gasteiger partial charge in [-0.25, -0.2) is 4.79 Å². The lowest BCUT2D eigenvalue weighted by molar-refractivity contribution is 0.208.